The zero-order valence-electron chi connectivity index (χ0n) is 17.4. The number of pyridine rings is 1. The molecule has 0 bridgehead atoms. The molecule has 0 atom stereocenters. The maximum Gasteiger partial charge on any atom is 0.261 e. The van der Waals surface area contributed by atoms with Gasteiger partial charge in [-0.2, -0.15) is 0 Å². The van der Waals surface area contributed by atoms with Crippen molar-refractivity contribution in [1.29, 1.82) is 0 Å². The summed E-state index contributed by atoms with van der Waals surface area (Å²) in [7, 11) is 0. The maximum absolute atomic E-state index is 12.8. The molecule has 2 amide bonds. The zero-order chi connectivity index (χ0) is 20.7. The van der Waals surface area contributed by atoms with Crippen LogP contribution in [0.25, 0.3) is 5.65 Å². The average molecular weight is 412 g/mol. The van der Waals surface area contributed by atoms with Gasteiger partial charge in [0.1, 0.15) is 0 Å². The number of rotatable bonds is 4. The molecule has 6 nitrogen and oxygen atoms in total. The summed E-state index contributed by atoms with van der Waals surface area (Å²) in [6.07, 6.45) is 10.8. The van der Waals surface area contributed by atoms with Gasteiger partial charge in [-0.15, -0.1) is 0 Å². The van der Waals surface area contributed by atoms with Crippen LogP contribution in [0, 0.1) is 5.41 Å². The lowest BCUT2D eigenvalue weighted by Gasteiger charge is -2.57. The molecule has 2 saturated carbocycles. The van der Waals surface area contributed by atoms with Crippen molar-refractivity contribution in [1.82, 2.24) is 14.3 Å². The van der Waals surface area contributed by atoms with Gasteiger partial charge in [0.25, 0.3) is 11.8 Å². The number of aromatic nitrogens is 2. The van der Waals surface area contributed by atoms with Gasteiger partial charge in [0.15, 0.2) is 5.65 Å². The Morgan fingerprint density at radius 1 is 1.00 bits per heavy atom. The molecule has 4 heterocycles. The monoisotopic (exact) mass is 412 g/mol. The highest BCUT2D eigenvalue weighted by Crippen LogP contribution is 2.51. The average Bonchev–Trinajstić information content (AvgIpc) is 3.44. The normalized spacial score (nSPS) is 21.5. The van der Waals surface area contributed by atoms with Crippen molar-refractivity contribution < 1.29 is 9.59 Å². The van der Waals surface area contributed by atoms with Crippen LogP contribution in [-0.4, -0.2) is 39.2 Å². The molecule has 3 aromatic rings. The standard InChI is InChI=1S/C25H24N4O2/c30-23-19-4-1-2-5-20(19)24(31)29(23)13-18-12-27-11-17(16-6-7-16)10-21(22(27)26-18)28-14-25(15-28)8-3-9-25/h1-2,4-5,10-12,16H,3,6-9,13-15H2. The topological polar surface area (TPSA) is 57.9 Å². The van der Waals surface area contributed by atoms with E-state index in [9.17, 15) is 9.59 Å². The fraction of sp³-hybridized carbons (Fsp3) is 0.400. The molecule has 7 rings (SSSR count). The van der Waals surface area contributed by atoms with E-state index in [2.05, 4.69) is 21.6 Å². The first-order chi connectivity index (χ1) is 15.1. The van der Waals surface area contributed by atoms with Gasteiger partial charge in [0.05, 0.1) is 29.1 Å². The number of nitrogens with zero attached hydrogens (tertiary/aromatic N) is 4. The third-order valence-corrected chi connectivity index (χ3v) is 7.66. The Kier molecular flexibility index (Phi) is 3.37. The highest BCUT2D eigenvalue weighted by atomic mass is 16.2. The number of carbonyl (C=O) groups is 2. The fourth-order valence-electron chi connectivity index (χ4n) is 5.57. The molecular formula is C25H24N4O2. The van der Waals surface area contributed by atoms with Crippen LogP contribution in [0.4, 0.5) is 5.69 Å². The summed E-state index contributed by atoms with van der Waals surface area (Å²) < 4.78 is 2.11. The zero-order valence-corrected chi connectivity index (χ0v) is 17.4. The first-order valence-corrected chi connectivity index (χ1v) is 11.3. The molecule has 4 aliphatic rings. The molecule has 1 saturated heterocycles. The molecule has 2 aliphatic carbocycles. The number of amides is 2. The van der Waals surface area contributed by atoms with Crippen LogP contribution in [0.15, 0.2) is 42.7 Å². The van der Waals surface area contributed by atoms with Gasteiger partial charge in [-0.1, -0.05) is 18.6 Å². The smallest absolute Gasteiger partial charge is 0.261 e. The molecular weight excluding hydrogens is 388 g/mol. The van der Waals surface area contributed by atoms with Gasteiger partial charge in [-0.05, 0) is 55.4 Å². The number of imidazole rings is 1. The lowest BCUT2D eigenvalue weighted by molar-refractivity contribution is 0.0640. The second-order valence-electron chi connectivity index (χ2n) is 9.85. The molecule has 31 heavy (non-hydrogen) atoms. The Labute approximate surface area is 180 Å². The molecule has 2 aliphatic heterocycles. The molecule has 0 radical (unpaired) electrons. The quantitative estimate of drug-likeness (QED) is 0.608. The van der Waals surface area contributed by atoms with Gasteiger partial charge in [-0.25, -0.2) is 4.98 Å². The summed E-state index contributed by atoms with van der Waals surface area (Å²) in [5.74, 6) is 0.196. The number of carbonyl (C=O) groups excluding carboxylic acids is 2. The minimum absolute atomic E-state index is 0.205. The van der Waals surface area contributed by atoms with E-state index in [0.717, 1.165) is 24.4 Å². The van der Waals surface area contributed by atoms with E-state index in [-0.39, 0.29) is 18.4 Å². The highest BCUT2D eigenvalue weighted by Gasteiger charge is 2.48. The van der Waals surface area contributed by atoms with E-state index in [1.54, 1.807) is 24.3 Å². The minimum Gasteiger partial charge on any atom is -0.367 e. The van der Waals surface area contributed by atoms with Crippen molar-refractivity contribution in [3.8, 4) is 0 Å². The molecule has 6 heteroatoms. The number of hydrogen-bond acceptors (Lipinski definition) is 4. The van der Waals surface area contributed by atoms with Crippen LogP contribution in [0.2, 0.25) is 0 Å². The first kappa shape index (κ1) is 17.5. The molecule has 0 N–H and O–H groups in total. The minimum atomic E-state index is -0.230. The van der Waals surface area contributed by atoms with Gasteiger partial charge >= 0.3 is 0 Å². The predicted molar refractivity (Wildman–Crippen MR) is 116 cm³/mol. The van der Waals surface area contributed by atoms with Crippen molar-refractivity contribution in [3.63, 3.8) is 0 Å². The van der Waals surface area contributed by atoms with Crippen molar-refractivity contribution in [2.24, 2.45) is 5.41 Å². The largest absolute Gasteiger partial charge is 0.367 e. The third-order valence-electron chi connectivity index (χ3n) is 7.66. The van der Waals surface area contributed by atoms with Crippen LogP contribution >= 0.6 is 0 Å². The van der Waals surface area contributed by atoms with Crippen molar-refractivity contribution >= 4 is 23.1 Å². The Hall–Kier alpha value is -3.15. The van der Waals surface area contributed by atoms with Crippen LogP contribution in [0.1, 0.15) is 70.0 Å². The van der Waals surface area contributed by atoms with Gasteiger partial charge in [-0.3, -0.25) is 14.5 Å². The second kappa shape index (κ2) is 5.96. The van der Waals surface area contributed by atoms with Crippen LogP contribution < -0.4 is 4.90 Å². The second-order valence-corrected chi connectivity index (χ2v) is 9.85. The third kappa shape index (κ3) is 2.54. The molecule has 1 aromatic carbocycles. The molecule has 3 fully saturated rings. The Morgan fingerprint density at radius 2 is 1.71 bits per heavy atom. The van der Waals surface area contributed by atoms with Crippen molar-refractivity contribution in [2.45, 2.75) is 44.6 Å². The summed E-state index contributed by atoms with van der Waals surface area (Å²) in [6, 6.07) is 9.37. The van der Waals surface area contributed by atoms with Gasteiger partial charge in [0.2, 0.25) is 0 Å². The Balaban J connectivity index is 1.23. The summed E-state index contributed by atoms with van der Waals surface area (Å²) in [5, 5.41) is 0. The SMILES string of the molecule is O=C1c2ccccc2C(=O)N1Cc1cn2cc(C3CC3)cc(N3CC4(CCC4)C3)c2n1. The number of fused-ring (bicyclic) bond motifs is 2. The van der Waals surface area contributed by atoms with E-state index in [4.69, 9.17) is 4.98 Å². The van der Waals surface area contributed by atoms with Crippen molar-refractivity contribution in [2.75, 3.05) is 18.0 Å². The van der Waals surface area contributed by atoms with E-state index >= 15 is 0 Å². The highest BCUT2D eigenvalue weighted by molar-refractivity contribution is 6.21. The molecule has 0 unspecified atom stereocenters. The van der Waals surface area contributed by atoms with Crippen molar-refractivity contribution in [3.05, 3.63) is 65.1 Å². The lowest BCUT2D eigenvalue weighted by Crippen LogP contribution is -2.60. The summed E-state index contributed by atoms with van der Waals surface area (Å²) in [5.41, 5.74) is 5.78. The Morgan fingerprint density at radius 3 is 2.32 bits per heavy atom. The van der Waals surface area contributed by atoms with Gasteiger partial charge in [0, 0.05) is 30.9 Å². The van der Waals surface area contributed by atoms with Crippen LogP contribution in [0.3, 0.4) is 0 Å². The van der Waals surface area contributed by atoms with E-state index in [1.807, 2.05) is 6.20 Å². The number of anilines is 1. The van der Waals surface area contributed by atoms with E-state index in [1.165, 1.54) is 48.3 Å². The first-order valence-electron chi connectivity index (χ1n) is 11.3. The van der Waals surface area contributed by atoms with Crippen LogP contribution in [-0.2, 0) is 6.54 Å². The summed E-state index contributed by atoms with van der Waals surface area (Å²) >= 11 is 0. The van der Waals surface area contributed by atoms with E-state index in [0.29, 0.717) is 22.5 Å². The lowest BCUT2D eigenvalue weighted by atomic mass is 9.63. The number of hydrogen-bond donors (Lipinski definition) is 0. The summed E-state index contributed by atoms with van der Waals surface area (Å²) in [4.78, 5) is 34.3. The maximum atomic E-state index is 12.8. The number of benzene rings is 1. The molecule has 2 aromatic heterocycles. The predicted octanol–water partition coefficient (Wildman–Crippen LogP) is 4.00. The molecule has 1 spiro atoms. The summed E-state index contributed by atoms with van der Waals surface area (Å²) in [6.45, 7) is 2.45. The molecule has 156 valence electrons. The fourth-order valence-corrected chi connectivity index (χ4v) is 5.57. The Bertz CT molecular complexity index is 1220. The number of imide groups is 1. The van der Waals surface area contributed by atoms with Crippen LogP contribution in [0.5, 0.6) is 0 Å². The van der Waals surface area contributed by atoms with Gasteiger partial charge < -0.3 is 9.30 Å². The van der Waals surface area contributed by atoms with E-state index < -0.39 is 0 Å².